The fraction of sp³-hybridized carbons (Fsp3) is 0.526. The van der Waals surface area contributed by atoms with Crippen molar-refractivity contribution in [3.8, 4) is 0 Å². The molecule has 168 valence electrons. The van der Waals surface area contributed by atoms with Gasteiger partial charge in [-0.2, -0.15) is 18.3 Å². The molecule has 0 N–H and O–H groups in total. The van der Waals surface area contributed by atoms with Crippen LogP contribution in [0.3, 0.4) is 0 Å². The summed E-state index contributed by atoms with van der Waals surface area (Å²) in [7, 11) is 0. The van der Waals surface area contributed by atoms with Crippen LogP contribution in [-0.4, -0.2) is 50.6 Å². The number of hydrogen-bond donors (Lipinski definition) is 0. The van der Waals surface area contributed by atoms with E-state index in [1.54, 1.807) is 0 Å². The van der Waals surface area contributed by atoms with Gasteiger partial charge in [0, 0.05) is 6.42 Å². The maximum Gasteiger partial charge on any atom is 0.419 e. The summed E-state index contributed by atoms with van der Waals surface area (Å²) in [6, 6.07) is 1.36. The summed E-state index contributed by atoms with van der Waals surface area (Å²) in [4.78, 5) is 26.7. The van der Waals surface area contributed by atoms with E-state index in [4.69, 9.17) is 0 Å². The number of carbonyl (C=O) groups is 1. The highest BCUT2D eigenvalue weighted by atomic mass is 19.4. The third kappa shape index (κ3) is 3.94. The van der Waals surface area contributed by atoms with E-state index >= 15 is 0 Å². The van der Waals surface area contributed by atoms with Gasteiger partial charge in [0.25, 0.3) is 0 Å². The first-order valence-corrected chi connectivity index (χ1v) is 9.67. The van der Waals surface area contributed by atoms with Crippen molar-refractivity contribution in [3.05, 3.63) is 51.5 Å². The molecule has 3 atom stereocenters. The van der Waals surface area contributed by atoms with Crippen LogP contribution in [0.4, 0.5) is 26.3 Å². The molecule has 1 aromatic carbocycles. The van der Waals surface area contributed by atoms with Crippen molar-refractivity contribution < 1.29 is 31.1 Å². The second-order valence-corrected chi connectivity index (χ2v) is 7.72. The predicted octanol–water partition coefficient (Wildman–Crippen LogP) is 2.65. The van der Waals surface area contributed by atoms with Gasteiger partial charge >= 0.3 is 11.9 Å². The monoisotopic (exact) mass is 448 g/mol. The molecule has 6 nitrogen and oxygen atoms in total. The molecule has 1 saturated heterocycles. The minimum atomic E-state index is -4.84. The topological polar surface area (TPSA) is 60.1 Å². The number of hydrogen-bond acceptors (Lipinski definition) is 3. The second kappa shape index (κ2) is 7.72. The van der Waals surface area contributed by atoms with Gasteiger partial charge in [-0.3, -0.25) is 9.36 Å². The lowest BCUT2D eigenvalue weighted by Gasteiger charge is -2.26. The van der Waals surface area contributed by atoms with Gasteiger partial charge < -0.3 is 4.90 Å². The number of amides is 1. The van der Waals surface area contributed by atoms with E-state index in [-0.39, 0.29) is 37.4 Å². The molecular weight excluding hydrogens is 430 g/mol. The normalized spacial score (nSPS) is 23.8. The molecule has 3 unspecified atom stereocenters. The largest absolute Gasteiger partial charge is 0.419 e. The van der Waals surface area contributed by atoms with E-state index < -0.39 is 47.5 Å². The third-order valence-electron chi connectivity index (χ3n) is 5.58. The van der Waals surface area contributed by atoms with Crippen molar-refractivity contribution in [2.45, 2.75) is 50.4 Å². The molecule has 12 heteroatoms. The molecule has 1 aromatic heterocycles. The van der Waals surface area contributed by atoms with Crippen LogP contribution in [0, 0.1) is 5.82 Å². The molecule has 2 aliphatic rings. The number of halogens is 6. The molecule has 0 saturated carbocycles. The number of nitrogens with zero attached hydrogens (tertiary/aromatic N) is 4. The van der Waals surface area contributed by atoms with Crippen molar-refractivity contribution in [2.75, 3.05) is 13.1 Å². The zero-order valence-electron chi connectivity index (χ0n) is 16.1. The van der Waals surface area contributed by atoms with Gasteiger partial charge in [0.15, 0.2) is 12.3 Å². The van der Waals surface area contributed by atoms with Crippen LogP contribution in [0.5, 0.6) is 0 Å². The number of aromatic nitrogens is 3. The summed E-state index contributed by atoms with van der Waals surface area (Å²) in [5.41, 5.74) is -2.02. The standard InChI is InChI=1S/C19H18F6N4O2/c20-12-6-10(4-5-11(12)19(23,24)25)7-28-18(31)29-15(2-1-3-16(29)26-28)17(30)27-8-13(21)14(22)9-27/h4-6,13-15H,1-3,7-9H2. The Bertz CT molecular complexity index is 1050. The zero-order valence-corrected chi connectivity index (χ0v) is 16.1. The molecule has 2 aliphatic heterocycles. The van der Waals surface area contributed by atoms with Crippen LogP contribution in [0.2, 0.25) is 0 Å². The Kier molecular flexibility index (Phi) is 5.34. The van der Waals surface area contributed by atoms with Gasteiger partial charge in [-0.05, 0) is 30.5 Å². The molecule has 31 heavy (non-hydrogen) atoms. The van der Waals surface area contributed by atoms with Crippen LogP contribution in [0.15, 0.2) is 23.0 Å². The summed E-state index contributed by atoms with van der Waals surface area (Å²) < 4.78 is 81.1. The number of aryl methyl sites for hydroxylation is 1. The average molecular weight is 448 g/mol. The van der Waals surface area contributed by atoms with E-state index in [1.165, 1.54) is 0 Å². The van der Waals surface area contributed by atoms with E-state index in [0.29, 0.717) is 25.0 Å². The van der Waals surface area contributed by atoms with Crippen LogP contribution in [-0.2, 0) is 23.9 Å². The highest BCUT2D eigenvalue weighted by Crippen LogP contribution is 2.32. The van der Waals surface area contributed by atoms with Crippen molar-refractivity contribution in [1.82, 2.24) is 19.2 Å². The van der Waals surface area contributed by atoms with Gasteiger partial charge in [-0.15, -0.1) is 0 Å². The summed E-state index contributed by atoms with van der Waals surface area (Å²) in [5, 5.41) is 4.14. The molecular formula is C19H18F6N4O2. The van der Waals surface area contributed by atoms with Crippen molar-refractivity contribution in [1.29, 1.82) is 0 Å². The highest BCUT2D eigenvalue weighted by Gasteiger charge is 2.40. The molecule has 0 spiro atoms. The minimum absolute atomic E-state index is 0.0889. The molecule has 1 amide bonds. The molecule has 0 aliphatic carbocycles. The number of rotatable bonds is 3. The van der Waals surface area contributed by atoms with Gasteiger partial charge in [-0.25, -0.2) is 22.6 Å². The van der Waals surface area contributed by atoms with Crippen LogP contribution < -0.4 is 5.69 Å². The Hall–Kier alpha value is -2.79. The van der Waals surface area contributed by atoms with E-state index in [2.05, 4.69) is 5.10 Å². The highest BCUT2D eigenvalue weighted by molar-refractivity contribution is 5.81. The molecule has 0 radical (unpaired) electrons. The first kappa shape index (κ1) is 21.4. The minimum Gasteiger partial charge on any atom is -0.335 e. The van der Waals surface area contributed by atoms with Gasteiger partial charge in [0.1, 0.15) is 17.7 Å². The first-order valence-electron chi connectivity index (χ1n) is 9.67. The van der Waals surface area contributed by atoms with Crippen molar-refractivity contribution >= 4 is 5.91 Å². The maximum absolute atomic E-state index is 13.8. The zero-order chi connectivity index (χ0) is 22.5. The Morgan fingerprint density at radius 2 is 1.84 bits per heavy atom. The fourth-order valence-electron chi connectivity index (χ4n) is 4.04. The summed E-state index contributed by atoms with van der Waals surface area (Å²) in [5.74, 6) is -1.76. The maximum atomic E-state index is 13.8. The molecule has 1 fully saturated rings. The number of carbonyl (C=O) groups excluding carboxylic acids is 1. The molecule has 3 heterocycles. The Balaban J connectivity index is 1.60. The summed E-state index contributed by atoms with van der Waals surface area (Å²) in [6.07, 6.45) is -7.20. The average Bonchev–Trinajstić information content (AvgIpc) is 3.19. The number of likely N-dealkylation sites (tertiary alicyclic amines) is 1. The SMILES string of the molecule is O=C(C1CCCc2nn(Cc3ccc(C(F)(F)F)c(F)c3)c(=O)n21)N1CC(F)C(F)C1. The summed E-state index contributed by atoms with van der Waals surface area (Å²) in [6.45, 7) is -1.07. The van der Waals surface area contributed by atoms with Crippen LogP contribution >= 0.6 is 0 Å². The second-order valence-electron chi connectivity index (χ2n) is 7.72. The Morgan fingerprint density at radius 3 is 2.45 bits per heavy atom. The Labute approximate surface area is 172 Å². The molecule has 0 bridgehead atoms. The summed E-state index contributed by atoms with van der Waals surface area (Å²) >= 11 is 0. The fourth-order valence-corrected chi connectivity index (χ4v) is 4.04. The lowest BCUT2D eigenvalue weighted by atomic mass is 10.0. The van der Waals surface area contributed by atoms with Crippen molar-refractivity contribution in [2.24, 2.45) is 0 Å². The number of fused-ring (bicyclic) bond motifs is 1. The van der Waals surface area contributed by atoms with E-state index in [1.807, 2.05) is 0 Å². The number of alkyl halides is 5. The van der Waals surface area contributed by atoms with E-state index in [9.17, 15) is 35.9 Å². The lowest BCUT2D eigenvalue weighted by Crippen LogP contribution is -2.42. The van der Waals surface area contributed by atoms with Gasteiger partial charge in [0.05, 0.1) is 25.2 Å². The quantitative estimate of drug-likeness (QED) is 0.679. The van der Waals surface area contributed by atoms with Crippen molar-refractivity contribution in [3.63, 3.8) is 0 Å². The van der Waals surface area contributed by atoms with Crippen LogP contribution in [0.25, 0.3) is 0 Å². The first-order chi connectivity index (χ1) is 14.6. The predicted molar refractivity (Wildman–Crippen MR) is 95.3 cm³/mol. The lowest BCUT2D eigenvalue weighted by molar-refractivity contribution is -0.140. The van der Waals surface area contributed by atoms with Gasteiger partial charge in [0.2, 0.25) is 5.91 Å². The van der Waals surface area contributed by atoms with Crippen LogP contribution in [0.1, 0.15) is 35.8 Å². The third-order valence-corrected chi connectivity index (χ3v) is 5.58. The van der Waals surface area contributed by atoms with E-state index in [0.717, 1.165) is 20.2 Å². The van der Waals surface area contributed by atoms with Gasteiger partial charge in [-0.1, -0.05) is 6.07 Å². The smallest absolute Gasteiger partial charge is 0.335 e. The molecule has 2 aromatic rings. The molecule has 4 rings (SSSR count). The number of benzene rings is 1. The Morgan fingerprint density at radius 1 is 1.16 bits per heavy atom.